The summed E-state index contributed by atoms with van der Waals surface area (Å²) in [7, 11) is 2.15. The molecule has 2 fully saturated rings. The molecule has 0 aromatic heterocycles. The maximum Gasteiger partial charge on any atom is 0.293 e. The van der Waals surface area contributed by atoms with Gasteiger partial charge in [0.05, 0.1) is 4.92 Å². The summed E-state index contributed by atoms with van der Waals surface area (Å²) in [5.41, 5.74) is 2.94. The summed E-state index contributed by atoms with van der Waals surface area (Å²) in [5, 5.41) is 17.5. The maximum atomic E-state index is 12.6. The van der Waals surface area contributed by atoms with Gasteiger partial charge >= 0.3 is 0 Å². The number of nitro benzene ring substituents is 1. The lowest BCUT2D eigenvalue weighted by Gasteiger charge is -2.32. The molecule has 2 aromatic carbocycles. The number of nitrogens with one attached hydrogen (secondary N) is 2. The monoisotopic (exact) mass is 423 g/mol. The number of nitro groups is 1. The molecule has 2 aromatic rings. The van der Waals surface area contributed by atoms with Gasteiger partial charge in [0, 0.05) is 56.9 Å². The molecule has 0 radical (unpaired) electrons. The Morgan fingerprint density at radius 1 is 1.10 bits per heavy atom. The van der Waals surface area contributed by atoms with E-state index in [4.69, 9.17) is 0 Å². The summed E-state index contributed by atoms with van der Waals surface area (Å²) in [6, 6.07) is 13.1. The van der Waals surface area contributed by atoms with Crippen LogP contribution in [0.4, 0.5) is 11.4 Å². The zero-order valence-electron chi connectivity index (χ0n) is 17.8. The number of nitrogens with zero attached hydrogens (tertiary/aromatic N) is 3. The van der Waals surface area contributed by atoms with Crippen LogP contribution in [0.5, 0.6) is 0 Å². The van der Waals surface area contributed by atoms with E-state index in [9.17, 15) is 14.9 Å². The molecule has 1 aliphatic carbocycles. The molecular weight excluding hydrogens is 394 g/mol. The normalized spacial score (nSPS) is 17.3. The fraction of sp³-hybridized carbons (Fsp3) is 0.435. The van der Waals surface area contributed by atoms with E-state index in [-0.39, 0.29) is 11.6 Å². The zero-order chi connectivity index (χ0) is 21.8. The molecule has 31 heavy (non-hydrogen) atoms. The van der Waals surface area contributed by atoms with Gasteiger partial charge in [0.15, 0.2) is 0 Å². The zero-order valence-corrected chi connectivity index (χ0v) is 17.8. The first-order chi connectivity index (χ1) is 15.0. The highest BCUT2D eigenvalue weighted by Crippen LogP contribution is 2.31. The van der Waals surface area contributed by atoms with E-state index in [1.165, 1.54) is 11.6 Å². The molecule has 164 valence electrons. The van der Waals surface area contributed by atoms with Gasteiger partial charge in [0.25, 0.3) is 11.6 Å². The third-order valence-corrected chi connectivity index (χ3v) is 5.84. The van der Waals surface area contributed by atoms with E-state index in [1.807, 2.05) is 12.1 Å². The van der Waals surface area contributed by atoms with Crippen molar-refractivity contribution in [2.24, 2.45) is 0 Å². The molecular formula is C23H29N5O3. The highest BCUT2D eigenvalue weighted by Gasteiger charge is 2.25. The lowest BCUT2D eigenvalue weighted by Crippen LogP contribution is -2.43. The first-order valence-corrected chi connectivity index (χ1v) is 10.8. The second kappa shape index (κ2) is 9.45. The first kappa shape index (κ1) is 21.3. The van der Waals surface area contributed by atoms with Crippen molar-refractivity contribution in [3.63, 3.8) is 0 Å². The second-order valence-electron chi connectivity index (χ2n) is 8.49. The number of piperazine rings is 1. The van der Waals surface area contributed by atoms with Gasteiger partial charge in [0.2, 0.25) is 0 Å². The van der Waals surface area contributed by atoms with Crippen LogP contribution in [0, 0.1) is 10.1 Å². The van der Waals surface area contributed by atoms with Gasteiger partial charge in [-0.15, -0.1) is 0 Å². The Balaban J connectivity index is 1.36. The van der Waals surface area contributed by atoms with Crippen molar-refractivity contribution in [3.05, 3.63) is 69.3 Å². The molecule has 1 amide bonds. The minimum Gasteiger partial charge on any atom is -0.377 e. The number of carbonyl (C=O) groups is 1. The van der Waals surface area contributed by atoms with Crippen LogP contribution in [0.1, 0.15) is 34.3 Å². The van der Waals surface area contributed by atoms with Crippen LogP contribution in [-0.4, -0.2) is 59.9 Å². The van der Waals surface area contributed by atoms with Crippen molar-refractivity contribution < 1.29 is 9.72 Å². The lowest BCUT2D eigenvalue weighted by atomic mass is 10.1. The summed E-state index contributed by atoms with van der Waals surface area (Å²) in [5.74, 6) is -0.314. The Kier molecular flexibility index (Phi) is 6.48. The summed E-state index contributed by atoms with van der Waals surface area (Å²) in [6.45, 7) is 5.56. The summed E-state index contributed by atoms with van der Waals surface area (Å²) in [4.78, 5) is 28.4. The molecule has 0 bridgehead atoms. The fourth-order valence-corrected chi connectivity index (χ4v) is 3.78. The fourth-order valence-electron chi connectivity index (χ4n) is 3.78. The van der Waals surface area contributed by atoms with E-state index >= 15 is 0 Å². The number of hydrogen-bond donors (Lipinski definition) is 2. The molecule has 8 nitrogen and oxygen atoms in total. The van der Waals surface area contributed by atoms with Crippen LogP contribution in [0.25, 0.3) is 0 Å². The smallest absolute Gasteiger partial charge is 0.293 e. The average molecular weight is 424 g/mol. The molecule has 1 aliphatic heterocycles. The molecule has 0 unspecified atom stereocenters. The number of amides is 1. The van der Waals surface area contributed by atoms with Crippen LogP contribution in [-0.2, 0) is 13.1 Å². The number of rotatable bonds is 8. The van der Waals surface area contributed by atoms with Gasteiger partial charge < -0.3 is 15.5 Å². The van der Waals surface area contributed by atoms with Crippen molar-refractivity contribution in [3.8, 4) is 0 Å². The molecule has 1 saturated heterocycles. The predicted octanol–water partition coefficient (Wildman–Crippen LogP) is 2.85. The van der Waals surface area contributed by atoms with Gasteiger partial charge in [-0.25, -0.2) is 0 Å². The van der Waals surface area contributed by atoms with E-state index in [1.54, 1.807) is 12.1 Å². The molecule has 4 rings (SSSR count). The second-order valence-corrected chi connectivity index (χ2v) is 8.49. The Morgan fingerprint density at radius 2 is 1.84 bits per heavy atom. The number of carbonyl (C=O) groups excluding carboxylic acids is 1. The minimum absolute atomic E-state index is 0.0614. The van der Waals surface area contributed by atoms with Crippen LogP contribution in [0.3, 0.4) is 0 Å². The number of anilines is 1. The molecule has 1 saturated carbocycles. The Hall–Kier alpha value is -2.97. The van der Waals surface area contributed by atoms with Crippen molar-refractivity contribution in [1.82, 2.24) is 15.1 Å². The Bertz CT molecular complexity index is 952. The quantitative estimate of drug-likeness (QED) is 0.501. The molecule has 2 aliphatic rings. The average Bonchev–Trinajstić information content (AvgIpc) is 3.58. The maximum absolute atomic E-state index is 12.6. The van der Waals surface area contributed by atoms with Crippen molar-refractivity contribution in [2.75, 3.05) is 38.5 Å². The Morgan fingerprint density at radius 3 is 2.55 bits per heavy atom. The number of benzene rings is 2. The van der Waals surface area contributed by atoms with Gasteiger partial charge in [-0.1, -0.05) is 24.3 Å². The molecule has 0 spiro atoms. The molecule has 1 heterocycles. The third kappa shape index (κ3) is 5.80. The Labute approximate surface area is 182 Å². The van der Waals surface area contributed by atoms with Gasteiger partial charge in [-0.3, -0.25) is 19.8 Å². The number of likely N-dealkylation sites (N-methyl/N-ethyl adjacent to an activating group) is 1. The van der Waals surface area contributed by atoms with Crippen LogP contribution >= 0.6 is 0 Å². The third-order valence-electron chi connectivity index (χ3n) is 5.84. The van der Waals surface area contributed by atoms with E-state index in [0.29, 0.717) is 23.8 Å². The summed E-state index contributed by atoms with van der Waals surface area (Å²) < 4.78 is 0. The minimum atomic E-state index is -0.441. The van der Waals surface area contributed by atoms with Gasteiger partial charge in [-0.2, -0.15) is 0 Å². The van der Waals surface area contributed by atoms with Crippen LogP contribution < -0.4 is 10.6 Å². The summed E-state index contributed by atoms with van der Waals surface area (Å²) >= 11 is 0. The number of hydrogen-bond acceptors (Lipinski definition) is 6. The molecule has 8 heteroatoms. The van der Waals surface area contributed by atoms with E-state index in [2.05, 4.69) is 39.6 Å². The van der Waals surface area contributed by atoms with E-state index in [0.717, 1.165) is 51.1 Å². The van der Waals surface area contributed by atoms with Crippen LogP contribution in [0.2, 0.25) is 0 Å². The van der Waals surface area contributed by atoms with Crippen molar-refractivity contribution >= 4 is 17.3 Å². The highest BCUT2D eigenvalue weighted by atomic mass is 16.6. The van der Waals surface area contributed by atoms with Crippen molar-refractivity contribution in [1.29, 1.82) is 0 Å². The SMILES string of the molecule is CN1CCN(Cc2cccc(CNC(=O)c3ccc(NC4CC4)c([N+](=O)[O-])c3)c2)CC1. The largest absolute Gasteiger partial charge is 0.377 e. The molecule has 0 atom stereocenters. The van der Waals surface area contributed by atoms with Gasteiger partial charge in [0.1, 0.15) is 5.69 Å². The lowest BCUT2D eigenvalue weighted by molar-refractivity contribution is -0.384. The van der Waals surface area contributed by atoms with E-state index < -0.39 is 4.92 Å². The topological polar surface area (TPSA) is 90.8 Å². The van der Waals surface area contributed by atoms with Crippen LogP contribution in [0.15, 0.2) is 42.5 Å². The highest BCUT2D eigenvalue weighted by molar-refractivity contribution is 5.95. The first-order valence-electron chi connectivity index (χ1n) is 10.8. The predicted molar refractivity (Wildman–Crippen MR) is 120 cm³/mol. The summed E-state index contributed by atoms with van der Waals surface area (Å²) in [6.07, 6.45) is 2.04. The van der Waals surface area contributed by atoms with Crippen molar-refractivity contribution in [2.45, 2.75) is 32.0 Å². The molecule has 2 N–H and O–H groups in total. The standard InChI is InChI=1S/C23H29N5O3/c1-26-9-11-27(12-10-26)16-18-4-2-3-17(13-18)15-24-23(29)19-5-8-21(25-20-6-7-20)22(14-19)28(30)31/h2-5,8,13-14,20,25H,6-7,9-12,15-16H2,1H3,(H,24,29). The van der Waals surface area contributed by atoms with Gasteiger partial charge in [-0.05, 0) is 43.1 Å².